The summed E-state index contributed by atoms with van der Waals surface area (Å²) < 4.78 is 18.4. The summed E-state index contributed by atoms with van der Waals surface area (Å²) in [6, 6.07) is 0. The van der Waals surface area contributed by atoms with Gasteiger partial charge in [-0.25, -0.2) is 4.79 Å². The Kier molecular flexibility index (Phi) is 32.2. The molecule has 0 saturated heterocycles. The fraction of sp³-hybridized carbons (Fsp3) is 0.971. The molecule has 4 unspecified atom stereocenters. The number of ether oxygens (including phenoxy) is 3. The number of nitrogens with one attached hydrogen (secondary N) is 6. The highest BCUT2D eigenvalue weighted by molar-refractivity contribution is 5.68. The Morgan fingerprint density at radius 1 is 0.633 bits per heavy atom. The molecule has 0 aliphatic rings. The van der Waals surface area contributed by atoms with Crippen molar-refractivity contribution in [3.63, 3.8) is 0 Å². The molecule has 0 spiro atoms. The van der Waals surface area contributed by atoms with Crippen LogP contribution >= 0.6 is 0 Å². The fourth-order valence-electron chi connectivity index (χ4n) is 5.31. The molecular weight excluding hydrogens is 628 g/mol. The molecule has 14 heteroatoms. The summed E-state index contributed by atoms with van der Waals surface area (Å²) >= 11 is 0. The van der Waals surface area contributed by atoms with E-state index in [9.17, 15) is 15.0 Å². The monoisotopic (exact) mass is 707 g/mol. The van der Waals surface area contributed by atoms with Crippen LogP contribution in [-0.2, 0) is 19.0 Å². The van der Waals surface area contributed by atoms with Crippen molar-refractivity contribution in [1.29, 1.82) is 0 Å². The lowest BCUT2D eigenvalue weighted by Crippen LogP contribution is -2.53. The largest absolute Gasteiger partial charge is 0.480 e. The van der Waals surface area contributed by atoms with Crippen LogP contribution in [0.25, 0.3) is 0 Å². The molecular formula is C35H78N8O6. The standard InChI is InChI=1S/C35H78N8O6/c1-29(2)48-33(27-43-25-13-23-41-19-9-7-17-39-21-11-15-37)49-34(30(3)47-28-32(44)45)31(35(4,5)46)26-42-24-12-22-40-18-8-6-16-38-20-10-14-36/h29-31,33-34,38-43,46H,6-28,36-37H2,1-5H3,(H,44,45). The maximum Gasteiger partial charge on any atom is 0.329 e. The number of carboxylic acid groups (broad SMARTS) is 1. The molecule has 14 nitrogen and oxygen atoms in total. The van der Waals surface area contributed by atoms with Crippen LogP contribution in [0.15, 0.2) is 0 Å². The van der Waals surface area contributed by atoms with Crippen LogP contribution in [0, 0.1) is 5.92 Å². The minimum absolute atomic E-state index is 0.0900. The minimum atomic E-state index is -1.13. The summed E-state index contributed by atoms with van der Waals surface area (Å²) in [5.41, 5.74) is 9.91. The van der Waals surface area contributed by atoms with Crippen LogP contribution in [0.3, 0.4) is 0 Å². The number of unbranched alkanes of at least 4 members (excludes halogenated alkanes) is 2. The summed E-state index contributed by atoms with van der Waals surface area (Å²) in [5, 5.41) is 41.3. The van der Waals surface area contributed by atoms with Crippen LogP contribution in [-0.4, -0.2) is 145 Å². The van der Waals surface area contributed by atoms with Gasteiger partial charge in [0, 0.05) is 19.0 Å². The van der Waals surface area contributed by atoms with Crippen LogP contribution in [0.2, 0.25) is 0 Å². The van der Waals surface area contributed by atoms with Gasteiger partial charge in [0.15, 0.2) is 6.29 Å². The fourth-order valence-corrected chi connectivity index (χ4v) is 5.31. The number of carbonyl (C=O) groups is 1. The van der Waals surface area contributed by atoms with Gasteiger partial charge in [-0.2, -0.15) is 0 Å². The highest BCUT2D eigenvalue weighted by Crippen LogP contribution is 2.27. The van der Waals surface area contributed by atoms with E-state index in [-0.39, 0.29) is 6.10 Å². The maximum absolute atomic E-state index is 11.3. The summed E-state index contributed by atoms with van der Waals surface area (Å²) in [4.78, 5) is 11.3. The zero-order chi connectivity index (χ0) is 36.6. The topological polar surface area (TPSA) is 209 Å². The Labute approximate surface area is 298 Å². The molecule has 0 aliphatic carbocycles. The van der Waals surface area contributed by atoms with E-state index in [1.54, 1.807) is 20.8 Å². The Hall–Kier alpha value is -1.01. The van der Waals surface area contributed by atoms with Gasteiger partial charge in [-0.15, -0.1) is 0 Å². The molecule has 294 valence electrons. The lowest BCUT2D eigenvalue weighted by molar-refractivity contribution is -0.232. The van der Waals surface area contributed by atoms with Gasteiger partial charge in [0.1, 0.15) is 6.61 Å². The molecule has 12 N–H and O–H groups in total. The van der Waals surface area contributed by atoms with Crippen molar-refractivity contribution in [1.82, 2.24) is 31.9 Å². The molecule has 0 heterocycles. The molecule has 0 rings (SSSR count). The molecule has 0 aromatic heterocycles. The Morgan fingerprint density at radius 3 is 1.45 bits per heavy atom. The van der Waals surface area contributed by atoms with Gasteiger partial charge in [-0.3, -0.25) is 0 Å². The number of hydrogen-bond acceptors (Lipinski definition) is 13. The molecule has 0 aliphatic heterocycles. The molecule has 0 aromatic carbocycles. The lowest BCUT2D eigenvalue weighted by Gasteiger charge is -2.40. The van der Waals surface area contributed by atoms with Crippen LogP contribution in [0.4, 0.5) is 0 Å². The molecule has 0 fully saturated rings. The van der Waals surface area contributed by atoms with E-state index in [1.807, 2.05) is 13.8 Å². The van der Waals surface area contributed by atoms with Gasteiger partial charge < -0.3 is 67.8 Å². The minimum Gasteiger partial charge on any atom is -0.480 e. The molecule has 0 radical (unpaired) electrons. The molecule has 0 bridgehead atoms. The van der Waals surface area contributed by atoms with Crippen LogP contribution in [0.1, 0.15) is 86.0 Å². The Balaban J connectivity index is 4.87. The van der Waals surface area contributed by atoms with Gasteiger partial charge in [0.25, 0.3) is 0 Å². The van der Waals surface area contributed by atoms with Crippen molar-refractivity contribution in [3.05, 3.63) is 0 Å². The zero-order valence-electron chi connectivity index (χ0n) is 31.8. The first-order valence-electron chi connectivity index (χ1n) is 19.0. The van der Waals surface area contributed by atoms with Crippen molar-refractivity contribution in [2.45, 2.75) is 116 Å². The summed E-state index contributed by atoms with van der Waals surface area (Å²) in [6.07, 6.45) is 6.54. The predicted octanol–water partition coefficient (Wildman–Crippen LogP) is 0.575. The second-order valence-corrected chi connectivity index (χ2v) is 13.7. The molecule has 0 amide bonds. The third-order valence-electron chi connectivity index (χ3n) is 8.09. The zero-order valence-corrected chi connectivity index (χ0v) is 31.8. The van der Waals surface area contributed by atoms with Crippen molar-refractivity contribution >= 4 is 5.97 Å². The average molecular weight is 707 g/mol. The highest BCUT2D eigenvalue weighted by Gasteiger charge is 2.40. The van der Waals surface area contributed by atoms with E-state index in [4.69, 9.17) is 25.7 Å². The first-order valence-corrected chi connectivity index (χ1v) is 19.0. The van der Waals surface area contributed by atoms with Crippen molar-refractivity contribution in [2.24, 2.45) is 17.4 Å². The number of carboxylic acids is 1. The molecule has 4 atom stereocenters. The van der Waals surface area contributed by atoms with Gasteiger partial charge in [-0.1, -0.05) is 0 Å². The molecule has 0 aromatic rings. The Morgan fingerprint density at radius 2 is 1.04 bits per heavy atom. The third-order valence-corrected chi connectivity index (χ3v) is 8.09. The first-order chi connectivity index (χ1) is 23.5. The van der Waals surface area contributed by atoms with Gasteiger partial charge >= 0.3 is 5.97 Å². The predicted molar refractivity (Wildman–Crippen MR) is 200 cm³/mol. The van der Waals surface area contributed by atoms with Gasteiger partial charge in [0.05, 0.1) is 23.9 Å². The van der Waals surface area contributed by atoms with Gasteiger partial charge in [-0.05, 0) is 165 Å². The second kappa shape index (κ2) is 32.9. The van der Waals surface area contributed by atoms with E-state index < -0.39 is 42.6 Å². The number of aliphatic carboxylic acids is 1. The number of nitrogens with two attached hydrogens (primary N) is 2. The summed E-state index contributed by atoms with van der Waals surface area (Å²) in [7, 11) is 0. The smallest absolute Gasteiger partial charge is 0.329 e. The first kappa shape index (κ1) is 48.0. The van der Waals surface area contributed by atoms with E-state index in [2.05, 4.69) is 31.9 Å². The van der Waals surface area contributed by atoms with Crippen molar-refractivity contribution in [2.75, 3.05) is 98.2 Å². The molecule has 0 saturated carbocycles. The SMILES string of the molecule is CC(C)OC(CNCCCNCCCCNCCCN)OC(C(C)OCC(=O)O)C(CNCCCNCCCCNCCCN)C(C)(C)O. The van der Waals surface area contributed by atoms with E-state index in [0.29, 0.717) is 13.1 Å². The van der Waals surface area contributed by atoms with E-state index >= 15 is 0 Å². The Bertz CT molecular complexity index is 735. The maximum atomic E-state index is 11.3. The van der Waals surface area contributed by atoms with Crippen molar-refractivity contribution < 1.29 is 29.2 Å². The van der Waals surface area contributed by atoms with Crippen LogP contribution in [0.5, 0.6) is 0 Å². The van der Waals surface area contributed by atoms with E-state index in [1.165, 1.54) is 0 Å². The highest BCUT2D eigenvalue weighted by atomic mass is 16.7. The number of rotatable bonds is 38. The summed E-state index contributed by atoms with van der Waals surface area (Å²) in [6.45, 7) is 20.5. The van der Waals surface area contributed by atoms with E-state index in [0.717, 1.165) is 130 Å². The number of hydrogen-bond donors (Lipinski definition) is 10. The third kappa shape index (κ3) is 30.3. The quantitative estimate of drug-likeness (QED) is 0.0315. The average Bonchev–Trinajstić information content (AvgIpc) is 3.04. The second-order valence-electron chi connectivity index (χ2n) is 13.7. The van der Waals surface area contributed by atoms with Gasteiger partial charge in [0.2, 0.25) is 0 Å². The lowest BCUT2D eigenvalue weighted by atomic mass is 9.83. The number of aliphatic hydroxyl groups is 1. The van der Waals surface area contributed by atoms with Crippen LogP contribution < -0.4 is 43.4 Å². The summed E-state index contributed by atoms with van der Waals surface area (Å²) in [5.74, 6) is -1.45. The normalized spacial score (nSPS) is 14.7. The van der Waals surface area contributed by atoms with Crippen molar-refractivity contribution in [3.8, 4) is 0 Å². The molecule has 49 heavy (non-hydrogen) atoms.